The number of halogens is 3. The molecule has 0 radical (unpaired) electrons. The molecule has 6 aromatic carbocycles. The molecule has 1 fully saturated rings. The van der Waals surface area contributed by atoms with Crippen LogP contribution in [0.4, 0.5) is 0 Å². The van der Waals surface area contributed by atoms with Gasteiger partial charge in [0.1, 0.15) is 13.2 Å². The number of aromatic nitrogens is 6. The minimum Gasteiger partial charge on any atom is -0.481 e. The summed E-state index contributed by atoms with van der Waals surface area (Å²) in [6.07, 6.45) is 12.6. The van der Waals surface area contributed by atoms with E-state index >= 15 is 0 Å². The number of aromatic amines is 3. The fraction of sp³-hybridized carbons (Fsp3) is 0.457. The number of aliphatic carboxylic acids is 2. The zero-order valence-electron chi connectivity index (χ0n) is 72.0. The van der Waals surface area contributed by atoms with Crippen LogP contribution in [0, 0.1) is 41.5 Å². The Balaban J connectivity index is 0.000000262. The topological polar surface area (TPSA) is 317 Å². The third-order valence-electron chi connectivity index (χ3n) is 19.8. The van der Waals surface area contributed by atoms with E-state index in [1.54, 1.807) is 0 Å². The summed E-state index contributed by atoms with van der Waals surface area (Å²) < 4.78 is 69.0. The minimum atomic E-state index is -0.861. The van der Waals surface area contributed by atoms with Crippen LogP contribution < -0.4 is 9.13 Å². The highest BCUT2D eigenvalue weighted by molar-refractivity contribution is 9.09. The SMILES string of the molecule is Br.Br.CC.CC.Cc1c2cc[n+](CCOCCOCCOCCOCCC(=O)O)cc2c(C)c2c1[nH]c1ccccc12.Cc1c2cc[n+](CCOCCOCCOCCOCCC(=O)ON3C(=O)CCC3=O)cc2c(C)c2c1[nH]c1ccccc12.Cc1c2ccncc2c(C)c2c1[nH]c1ccccc12.O=C(O)CCOCCOCCOCCOCCBr. The smallest absolute Gasteiger partial charge is 0.335 e. The lowest BCUT2D eigenvalue weighted by Crippen LogP contribution is -2.35. The van der Waals surface area contributed by atoms with E-state index < -0.39 is 29.7 Å². The summed E-state index contributed by atoms with van der Waals surface area (Å²) in [5, 5.41) is 33.5. The van der Waals surface area contributed by atoms with Crippen LogP contribution in [0.15, 0.2) is 128 Å². The van der Waals surface area contributed by atoms with Gasteiger partial charge in [0, 0.05) is 108 Å². The molecule has 13 rings (SSSR count). The molecule has 7 heterocycles. The molecular formula is C92H122Br3N7O20+2. The number of para-hydroxylation sites is 3. The Morgan fingerprint density at radius 2 is 0.672 bits per heavy atom. The average molecular weight is 1890 g/mol. The third kappa shape index (κ3) is 30.4. The number of amides is 2. The molecule has 2 amide bonds. The van der Waals surface area contributed by atoms with Crippen molar-refractivity contribution in [3.8, 4) is 0 Å². The van der Waals surface area contributed by atoms with Gasteiger partial charge in [0.25, 0.3) is 11.8 Å². The Morgan fingerprint density at radius 3 is 1.01 bits per heavy atom. The number of alkyl halides is 1. The van der Waals surface area contributed by atoms with E-state index in [1.165, 1.54) is 126 Å². The number of hydroxylamine groups is 2. The number of rotatable bonds is 45. The molecule has 30 heteroatoms. The number of hydrogen-bond donors (Lipinski definition) is 5. The number of carboxylic acids is 2. The van der Waals surface area contributed by atoms with Gasteiger partial charge in [-0.2, -0.15) is 0 Å². The molecule has 0 atom stereocenters. The summed E-state index contributed by atoms with van der Waals surface area (Å²) in [5.41, 5.74) is 14.9. The van der Waals surface area contributed by atoms with Gasteiger partial charge in [-0.25, -0.2) is 13.9 Å². The van der Waals surface area contributed by atoms with E-state index in [2.05, 4.69) is 202 Å². The van der Waals surface area contributed by atoms with Crippen LogP contribution in [0.5, 0.6) is 0 Å². The van der Waals surface area contributed by atoms with Crippen molar-refractivity contribution >= 4 is 177 Å². The van der Waals surface area contributed by atoms with E-state index in [0.717, 1.165) is 23.9 Å². The first-order valence-electron chi connectivity index (χ1n) is 41.4. The number of hydrogen-bond acceptors (Lipinski definition) is 19. The van der Waals surface area contributed by atoms with Crippen LogP contribution in [-0.2, 0) is 98.7 Å². The third-order valence-corrected chi connectivity index (χ3v) is 20.1. The molecule has 0 spiro atoms. The summed E-state index contributed by atoms with van der Waals surface area (Å²) in [6.45, 7) is 33.4. The normalized spacial score (nSPS) is 11.8. The van der Waals surface area contributed by atoms with Crippen molar-refractivity contribution in [3.05, 3.63) is 162 Å². The lowest BCUT2D eigenvalue weighted by atomic mass is 9.97. The zero-order valence-corrected chi connectivity index (χ0v) is 77.0. The highest BCUT2D eigenvalue weighted by atomic mass is 79.9. The molecule has 1 aliphatic heterocycles. The number of ether oxygens (including phenoxy) is 12. The number of benzene rings is 6. The van der Waals surface area contributed by atoms with E-state index in [0.29, 0.717) is 144 Å². The molecule has 0 unspecified atom stereocenters. The summed E-state index contributed by atoms with van der Waals surface area (Å²) in [4.78, 5) is 74.9. The van der Waals surface area contributed by atoms with Gasteiger partial charge in [0.15, 0.2) is 37.9 Å². The van der Waals surface area contributed by atoms with Crippen molar-refractivity contribution in [3.63, 3.8) is 0 Å². The standard InChI is InChI=1S/C32H37N3O8.C28H34N2O6.C17H14N2.C11H21BrO6.2C2H6.2BrH/c1-22-26-21-34(11-9-24(26)23(2)32-31(22)25-5-3-4-6-27(25)33-32)12-14-40-16-18-42-20-19-41-17-15-39-13-10-30(38)43-35-28(36)7-8-29(35)37;1-20-24-19-30(10-12-34-14-16-36-18-17-35-15-13-33-11-8-26(31)32)9-7-22(24)21(2)28-27(20)23-5-3-4-6-25(23)29-28;1-10-14-9-18-8-7-12(14)11(2)17-16(10)13-5-3-4-6-15(13)19-17;12-2-4-16-6-8-18-10-9-17-7-5-15-3-1-11(13)14;2*1-2;;/h3-6,9,11,21H,7-8,10,12-20H2,1-2H3;3-7,9,19H,8,10-18H2,1-2H3,(H,31,32);3-9,19H,1-2H3;1-10H2,(H,13,14);2*1-2H3;2*1H/p+2. The first-order chi connectivity index (χ1) is 58.5. The van der Waals surface area contributed by atoms with Crippen molar-refractivity contribution in [2.75, 3.05) is 164 Å². The van der Waals surface area contributed by atoms with E-state index in [9.17, 15) is 24.0 Å². The van der Waals surface area contributed by atoms with E-state index in [-0.39, 0.29) is 85.9 Å². The number of nitrogens with zero attached hydrogens (tertiary/aromatic N) is 4. The van der Waals surface area contributed by atoms with Gasteiger partial charge in [0.2, 0.25) is 0 Å². The van der Waals surface area contributed by atoms with Gasteiger partial charge >= 0.3 is 17.9 Å². The molecule has 27 nitrogen and oxygen atoms in total. The first-order valence-corrected chi connectivity index (χ1v) is 42.5. The number of nitrogens with one attached hydrogen (secondary N) is 3. The highest BCUT2D eigenvalue weighted by Crippen LogP contribution is 2.39. The van der Waals surface area contributed by atoms with E-state index in [1.807, 2.05) is 40.1 Å². The van der Waals surface area contributed by atoms with Crippen LogP contribution in [0.3, 0.4) is 0 Å². The van der Waals surface area contributed by atoms with Crippen LogP contribution in [0.2, 0.25) is 0 Å². The van der Waals surface area contributed by atoms with Crippen LogP contribution in [-0.4, -0.2) is 229 Å². The largest absolute Gasteiger partial charge is 0.481 e. The number of carbonyl (C=O) groups is 5. The van der Waals surface area contributed by atoms with Crippen molar-refractivity contribution in [1.29, 1.82) is 0 Å². The molecule has 122 heavy (non-hydrogen) atoms. The van der Waals surface area contributed by atoms with Crippen molar-refractivity contribution in [2.45, 2.75) is 114 Å². The Kier molecular flexibility index (Phi) is 47.2. The number of H-pyrrole nitrogens is 3. The van der Waals surface area contributed by atoms with Gasteiger partial charge < -0.3 is 86.8 Å². The number of imide groups is 1. The highest BCUT2D eigenvalue weighted by Gasteiger charge is 2.33. The van der Waals surface area contributed by atoms with Crippen molar-refractivity contribution < 1.29 is 105 Å². The predicted molar refractivity (Wildman–Crippen MR) is 490 cm³/mol. The maximum Gasteiger partial charge on any atom is 0.335 e. The summed E-state index contributed by atoms with van der Waals surface area (Å²) in [7, 11) is 0. The molecule has 664 valence electrons. The Hall–Kier alpha value is -8.54. The summed E-state index contributed by atoms with van der Waals surface area (Å²) in [5.74, 6) is -3.40. The predicted octanol–water partition coefficient (Wildman–Crippen LogP) is 16.0. The Labute approximate surface area is 742 Å². The van der Waals surface area contributed by atoms with Crippen molar-refractivity contribution in [2.24, 2.45) is 0 Å². The molecular weight excluding hydrogens is 1760 g/mol. The van der Waals surface area contributed by atoms with Crippen LogP contribution in [0.25, 0.3) is 97.7 Å². The lowest BCUT2D eigenvalue weighted by Gasteiger charge is -2.12. The Bertz CT molecular complexity index is 5220. The minimum absolute atomic E-state index is 0. The molecule has 6 aromatic heterocycles. The fourth-order valence-electron chi connectivity index (χ4n) is 13.8. The lowest BCUT2D eigenvalue weighted by molar-refractivity contribution is -0.697. The van der Waals surface area contributed by atoms with Crippen molar-refractivity contribution in [1.82, 2.24) is 25.0 Å². The molecule has 0 bridgehead atoms. The van der Waals surface area contributed by atoms with Crippen LogP contribution in [0.1, 0.15) is 93.2 Å². The maximum absolute atomic E-state index is 11.7. The summed E-state index contributed by atoms with van der Waals surface area (Å²) >= 11 is 3.26. The maximum atomic E-state index is 11.7. The second-order valence-electron chi connectivity index (χ2n) is 27.6. The molecule has 1 aliphatic rings. The number of carboxylic acid groups (broad SMARTS) is 2. The molecule has 12 aromatic rings. The van der Waals surface area contributed by atoms with Gasteiger partial charge in [-0.05, 0) is 115 Å². The van der Waals surface area contributed by atoms with Gasteiger partial charge in [-0.15, -0.1) is 39.0 Å². The van der Waals surface area contributed by atoms with E-state index in [4.69, 9.17) is 71.9 Å². The Morgan fingerprint density at radius 1 is 0.377 bits per heavy atom. The monoisotopic (exact) mass is 1880 g/mol. The van der Waals surface area contributed by atoms with Gasteiger partial charge in [-0.1, -0.05) is 98.2 Å². The molecule has 1 saturated heterocycles. The number of aryl methyl sites for hydroxylation is 6. The quantitative estimate of drug-likeness (QED) is 0.0102. The molecule has 0 aliphatic carbocycles. The second-order valence-corrected chi connectivity index (χ2v) is 28.4. The van der Waals surface area contributed by atoms with Gasteiger partial charge in [-0.3, -0.25) is 24.2 Å². The zero-order chi connectivity index (χ0) is 86.0. The molecule has 5 N–H and O–H groups in total. The second kappa shape index (κ2) is 56.4. The molecule has 0 saturated carbocycles. The van der Waals surface area contributed by atoms with Gasteiger partial charge in [0.05, 0.1) is 181 Å². The number of fused-ring (bicyclic) bond motifs is 12. The first kappa shape index (κ1) is 102. The number of carbonyl (C=O) groups excluding carboxylic acids is 3. The average Bonchev–Trinajstić information content (AvgIpc) is 1.59. The van der Waals surface area contributed by atoms with Crippen LogP contribution >= 0.6 is 49.9 Å². The summed E-state index contributed by atoms with van der Waals surface area (Å²) in [6, 6.07) is 31.9. The fourth-order valence-corrected chi connectivity index (χ4v) is 14.1. The number of pyridine rings is 3.